The first-order chi connectivity index (χ1) is 16.5. The van der Waals surface area contributed by atoms with Crippen LogP contribution < -0.4 is 5.32 Å². The maximum atomic E-state index is 13.5. The number of nitrogens with one attached hydrogen (secondary N) is 1. The van der Waals surface area contributed by atoms with Crippen molar-refractivity contribution >= 4 is 29.0 Å². The van der Waals surface area contributed by atoms with Crippen molar-refractivity contribution in [1.82, 2.24) is 9.80 Å². The standard InChI is InChI=1S/C27H33N3O3S/c1-4-22-11-8-12-24(17-22)28-27(32)29(14-15-33-3)20-26(31)30(18-23-9-6-5-7-10-23)19-25-21(2)13-16-34-25/h5-13,16-17H,4,14-15,18-20H2,1-3H3,(H,28,32). The number of hydrogen-bond donors (Lipinski definition) is 1. The van der Waals surface area contributed by atoms with Crippen LogP contribution in [0.3, 0.4) is 0 Å². The van der Waals surface area contributed by atoms with Crippen LogP contribution in [-0.4, -0.2) is 48.5 Å². The smallest absolute Gasteiger partial charge is 0.322 e. The second-order valence-corrected chi connectivity index (χ2v) is 9.16. The molecule has 3 amide bonds. The molecule has 3 rings (SSSR count). The van der Waals surface area contributed by atoms with Gasteiger partial charge < -0.3 is 19.9 Å². The number of benzene rings is 2. The number of hydrogen-bond acceptors (Lipinski definition) is 4. The Hall–Kier alpha value is -3.16. The normalized spacial score (nSPS) is 10.7. The van der Waals surface area contributed by atoms with Gasteiger partial charge in [0.1, 0.15) is 6.54 Å². The van der Waals surface area contributed by atoms with Gasteiger partial charge in [0.15, 0.2) is 0 Å². The van der Waals surface area contributed by atoms with Gasteiger partial charge in [-0.25, -0.2) is 4.79 Å². The van der Waals surface area contributed by atoms with Crippen LogP contribution >= 0.6 is 11.3 Å². The molecule has 0 aliphatic heterocycles. The lowest BCUT2D eigenvalue weighted by Gasteiger charge is -2.28. The van der Waals surface area contributed by atoms with Crippen molar-refractivity contribution in [3.63, 3.8) is 0 Å². The molecule has 0 unspecified atom stereocenters. The first-order valence-electron chi connectivity index (χ1n) is 11.5. The molecular formula is C27H33N3O3S. The SMILES string of the molecule is CCc1cccc(NC(=O)N(CCOC)CC(=O)N(Cc2ccccc2)Cc2sccc2C)c1. The number of nitrogens with zero attached hydrogens (tertiary/aromatic N) is 2. The lowest BCUT2D eigenvalue weighted by molar-refractivity contribution is -0.133. The molecule has 0 spiro atoms. The van der Waals surface area contributed by atoms with E-state index in [-0.39, 0.29) is 18.5 Å². The summed E-state index contributed by atoms with van der Waals surface area (Å²) in [6.45, 7) is 5.75. The Kier molecular flexibility index (Phi) is 9.67. The van der Waals surface area contributed by atoms with E-state index in [2.05, 4.69) is 25.2 Å². The zero-order valence-corrected chi connectivity index (χ0v) is 20.9. The number of carbonyl (C=O) groups excluding carboxylic acids is 2. The Morgan fingerprint density at radius 2 is 1.74 bits per heavy atom. The topological polar surface area (TPSA) is 61.9 Å². The van der Waals surface area contributed by atoms with Gasteiger partial charge in [-0.2, -0.15) is 0 Å². The molecule has 34 heavy (non-hydrogen) atoms. The zero-order valence-electron chi connectivity index (χ0n) is 20.1. The van der Waals surface area contributed by atoms with Gasteiger partial charge in [-0.05, 0) is 53.6 Å². The molecule has 0 saturated heterocycles. The first-order valence-corrected chi connectivity index (χ1v) is 12.4. The van der Waals surface area contributed by atoms with Gasteiger partial charge in [-0.15, -0.1) is 11.3 Å². The maximum Gasteiger partial charge on any atom is 0.322 e. The minimum atomic E-state index is -0.314. The molecule has 0 saturated carbocycles. The number of methoxy groups -OCH3 is 1. The quantitative estimate of drug-likeness (QED) is 0.404. The van der Waals surface area contributed by atoms with Gasteiger partial charge >= 0.3 is 6.03 Å². The van der Waals surface area contributed by atoms with Gasteiger partial charge in [0, 0.05) is 30.8 Å². The molecule has 6 nitrogen and oxygen atoms in total. The third-order valence-corrected chi connectivity index (χ3v) is 6.64. The van der Waals surface area contributed by atoms with Crippen LogP contribution in [-0.2, 0) is 29.0 Å². The van der Waals surface area contributed by atoms with Gasteiger partial charge in [0.05, 0.1) is 13.2 Å². The fourth-order valence-corrected chi connectivity index (χ4v) is 4.48. The fraction of sp³-hybridized carbons (Fsp3) is 0.333. The second-order valence-electron chi connectivity index (χ2n) is 8.16. The number of carbonyl (C=O) groups is 2. The monoisotopic (exact) mass is 479 g/mol. The van der Waals surface area contributed by atoms with E-state index < -0.39 is 0 Å². The van der Waals surface area contributed by atoms with Crippen molar-refractivity contribution < 1.29 is 14.3 Å². The van der Waals surface area contributed by atoms with Gasteiger partial charge in [-0.1, -0.05) is 49.4 Å². The zero-order chi connectivity index (χ0) is 24.3. The van der Waals surface area contributed by atoms with Crippen LogP contribution in [0.1, 0.15) is 28.5 Å². The van der Waals surface area contributed by atoms with E-state index >= 15 is 0 Å². The summed E-state index contributed by atoms with van der Waals surface area (Å²) in [6.07, 6.45) is 0.881. The summed E-state index contributed by atoms with van der Waals surface area (Å²) in [7, 11) is 1.59. The number of thiophene rings is 1. The molecule has 0 radical (unpaired) electrons. The predicted octanol–water partition coefficient (Wildman–Crippen LogP) is 5.33. The molecule has 1 N–H and O–H groups in total. The second kappa shape index (κ2) is 12.9. The highest BCUT2D eigenvalue weighted by Gasteiger charge is 2.23. The Morgan fingerprint density at radius 3 is 2.41 bits per heavy atom. The van der Waals surface area contributed by atoms with Crippen LogP contribution in [0.4, 0.5) is 10.5 Å². The van der Waals surface area contributed by atoms with Crippen LogP contribution in [0.15, 0.2) is 66.0 Å². The van der Waals surface area contributed by atoms with E-state index in [1.54, 1.807) is 18.4 Å². The highest BCUT2D eigenvalue weighted by Crippen LogP contribution is 2.20. The Labute approximate surface area is 206 Å². The molecule has 2 aromatic carbocycles. The van der Waals surface area contributed by atoms with E-state index in [1.807, 2.05) is 64.9 Å². The number of ether oxygens (including phenoxy) is 1. The van der Waals surface area contributed by atoms with E-state index in [1.165, 1.54) is 10.5 Å². The van der Waals surface area contributed by atoms with Gasteiger partial charge in [-0.3, -0.25) is 4.79 Å². The van der Waals surface area contributed by atoms with Crippen molar-refractivity contribution in [2.45, 2.75) is 33.4 Å². The maximum absolute atomic E-state index is 13.5. The lowest BCUT2D eigenvalue weighted by Crippen LogP contribution is -2.45. The van der Waals surface area contributed by atoms with Gasteiger partial charge in [0.2, 0.25) is 5.91 Å². The van der Waals surface area contributed by atoms with Crippen molar-refractivity contribution in [1.29, 1.82) is 0 Å². The van der Waals surface area contributed by atoms with Crippen LogP contribution in [0.5, 0.6) is 0 Å². The van der Waals surface area contributed by atoms with Gasteiger partial charge in [0.25, 0.3) is 0 Å². The minimum Gasteiger partial charge on any atom is -0.383 e. The third kappa shape index (κ3) is 7.43. The number of urea groups is 1. The lowest BCUT2D eigenvalue weighted by atomic mass is 10.1. The fourth-order valence-electron chi connectivity index (χ4n) is 3.56. The van der Waals surface area contributed by atoms with E-state index in [9.17, 15) is 9.59 Å². The summed E-state index contributed by atoms with van der Waals surface area (Å²) < 4.78 is 5.20. The first kappa shape index (κ1) is 25.5. The Bertz CT molecular complexity index is 1070. The van der Waals surface area contributed by atoms with Crippen LogP contribution in [0, 0.1) is 6.92 Å². The number of aryl methyl sites for hydroxylation is 2. The molecule has 3 aromatic rings. The number of anilines is 1. The average Bonchev–Trinajstić information content (AvgIpc) is 3.26. The average molecular weight is 480 g/mol. The molecule has 0 fully saturated rings. The molecule has 1 aromatic heterocycles. The molecule has 0 bridgehead atoms. The molecule has 0 atom stereocenters. The molecule has 0 aliphatic carbocycles. The summed E-state index contributed by atoms with van der Waals surface area (Å²) in [5.74, 6) is -0.106. The van der Waals surface area contributed by atoms with E-state index in [0.717, 1.165) is 28.1 Å². The van der Waals surface area contributed by atoms with Crippen molar-refractivity contribution in [2.24, 2.45) is 0 Å². The Balaban J connectivity index is 1.76. The van der Waals surface area contributed by atoms with E-state index in [0.29, 0.717) is 26.2 Å². The highest BCUT2D eigenvalue weighted by atomic mass is 32.1. The third-order valence-electron chi connectivity index (χ3n) is 5.64. The minimum absolute atomic E-state index is 0.0279. The van der Waals surface area contributed by atoms with Crippen LogP contribution in [0.2, 0.25) is 0 Å². The number of rotatable bonds is 11. The Morgan fingerprint density at radius 1 is 0.971 bits per heavy atom. The van der Waals surface area contributed by atoms with Crippen molar-refractivity contribution in [3.05, 3.63) is 87.6 Å². The summed E-state index contributed by atoms with van der Waals surface area (Å²) in [5, 5.41) is 4.98. The summed E-state index contributed by atoms with van der Waals surface area (Å²) >= 11 is 1.64. The summed E-state index contributed by atoms with van der Waals surface area (Å²) in [4.78, 5) is 31.1. The predicted molar refractivity (Wildman–Crippen MR) is 138 cm³/mol. The van der Waals surface area contributed by atoms with Crippen molar-refractivity contribution in [3.8, 4) is 0 Å². The highest BCUT2D eigenvalue weighted by molar-refractivity contribution is 7.10. The van der Waals surface area contributed by atoms with Crippen molar-refractivity contribution in [2.75, 3.05) is 32.1 Å². The molecule has 0 aliphatic rings. The largest absolute Gasteiger partial charge is 0.383 e. The molecule has 7 heteroatoms. The molecule has 180 valence electrons. The van der Waals surface area contributed by atoms with Crippen LogP contribution in [0.25, 0.3) is 0 Å². The summed E-state index contributed by atoms with van der Waals surface area (Å²) in [6, 6.07) is 19.4. The number of amides is 3. The van der Waals surface area contributed by atoms with E-state index in [4.69, 9.17) is 4.74 Å². The summed E-state index contributed by atoms with van der Waals surface area (Å²) in [5.41, 5.74) is 4.07. The molecular weight excluding hydrogens is 446 g/mol. The molecule has 1 heterocycles.